The first kappa shape index (κ1) is 36.6. The molecule has 294 valence electrons. The Morgan fingerprint density at radius 1 is 0.946 bits per heavy atom. The average Bonchev–Trinajstić information content (AvgIpc) is 3.82. The number of amides is 4. The van der Waals surface area contributed by atoms with E-state index in [1.54, 1.807) is 13.0 Å². The number of aromatic hydroxyl groups is 1. The Kier molecular flexibility index (Phi) is 8.87. The maximum Gasteiger partial charge on any atom is 0.255 e. The highest BCUT2D eigenvalue weighted by molar-refractivity contribution is 6.05. The van der Waals surface area contributed by atoms with Gasteiger partial charge in [0.1, 0.15) is 23.4 Å². The van der Waals surface area contributed by atoms with Gasteiger partial charge in [-0.1, -0.05) is 12.1 Å². The Balaban J connectivity index is 0.825. The maximum absolute atomic E-state index is 16.1. The number of carbonyl (C=O) groups excluding carboxylic acids is 4. The van der Waals surface area contributed by atoms with Crippen LogP contribution < -0.4 is 10.2 Å². The van der Waals surface area contributed by atoms with Crippen LogP contribution in [0.15, 0.2) is 42.5 Å². The van der Waals surface area contributed by atoms with Crippen LogP contribution in [0.3, 0.4) is 0 Å². The molecule has 0 radical (unpaired) electrons. The Morgan fingerprint density at radius 2 is 1.68 bits per heavy atom. The van der Waals surface area contributed by atoms with Gasteiger partial charge < -0.3 is 19.8 Å². The van der Waals surface area contributed by atoms with Gasteiger partial charge in [-0.25, -0.2) is 17.6 Å². The molecule has 0 aromatic heterocycles. The summed E-state index contributed by atoms with van der Waals surface area (Å²) in [4.78, 5) is 59.5. The number of fused-ring (bicyclic) bond motifs is 3. The predicted octanol–water partition coefficient (Wildman–Crippen LogP) is 4.09. The Labute approximate surface area is 320 Å². The minimum absolute atomic E-state index is 0.00134. The van der Waals surface area contributed by atoms with Gasteiger partial charge in [0, 0.05) is 80.5 Å². The van der Waals surface area contributed by atoms with E-state index >= 15 is 8.78 Å². The summed E-state index contributed by atoms with van der Waals surface area (Å²) in [6.45, 7) is 4.75. The van der Waals surface area contributed by atoms with E-state index in [9.17, 15) is 33.1 Å². The Morgan fingerprint density at radius 3 is 2.39 bits per heavy atom. The number of alkyl halides is 2. The molecule has 3 aromatic rings. The number of halogens is 4. The number of rotatable bonds is 7. The molecule has 3 aromatic carbocycles. The molecule has 6 aliphatic rings. The van der Waals surface area contributed by atoms with Crippen LogP contribution in [0.4, 0.5) is 23.2 Å². The number of hydrogen-bond acceptors (Lipinski definition) is 8. The van der Waals surface area contributed by atoms with Gasteiger partial charge in [0.15, 0.2) is 0 Å². The van der Waals surface area contributed by atoms with Crippen LogP contribution in [-0.4, -0.2) is 106 Å². The SMILES string of the molecule is C[C@@H]1Cc2cc(O)ccc2[C@@H](c2c(F)cc(N3CCC4(CN(C(=O)CN5Cc6cc7c(cc6C5)C(=O)N(C5CCC(=O)NC5=O)C7)C4)C3)cc2F)N1CC(F)F. The van der Waals surface area contributed by atoms with Crippen molar-refractivity contribution in [2.75, 3.05) is 44.2 Å². The van der Waals surface area contributed by atoms with Crippen molar-refractivity contribution in [3.63, 3.8) is 0 Å². The van der Waals surface area contributed by atoms with Gasteiger partial charge in [-0.05, 0) is 84.3 Å². The summed E-state index contributed by atoms with van der Waals surface area (Å²) >= 11 is 0. The van der Waals surface area contributed by atoms with Gasteiger partial charge in [-0.2, -0.15) is 0 Å². The first-order valence-corrected chi connectivity index (χ1v) is 19.1. The van der Waals surface area contributed by atoms with Crippen molar-refractivity contribution in [1.82, 2.24) is 24.9 Å². The van der Waals surface area contributed by atoms with Gasteiger partial charge in [-0.3, -0.25) is 34.3 Å². The van der Waals surface area contributed by atoms with Crippen LogP contribution in [0.2, 0.25) is 0 Å². The summed E-state index contributed by atoms with van der Waals surface area (Å²) in [7, 11) is 0. The largest absolute Gasteiger partial charge is 0.508 e. The first-order chi connectivity index (χ1) is 26.8. The van der Waals surface area contributed by atoms with Crippen molar-refractivity contribution in [2.24, 2.45) is 5.41 Å². The average molecular weight is 775 g/mol. The molecule has 56 heavy (non-hydrogen) atoms. The molecule has 0 bridgehead atoms. The second kappa shape index (κ2) is 13.6. The lowest BCUT2D eigenvalue weighted by atomic mass is 9.79. The fraction of sp³-hybridized carbons (Fsp3) is 0.463. The molecule has 6 heterocycles. The van der Waals surface area contributed by atoms with E-state index in [2.05, 4.69) is 5.32 Å². The molecule has 0 aliphatic carbocycles. The van der Waals surface area contributed by atoms with Gasteiger partial charge in [0.05, 0.1) is 19.1 Å². The Bertz CT molecular complexity index is 2150. The van der Waals surface area contributed by atoms with Crippen molar-refractivity contribution in [2.45, 2.75) is 76.8 Å². The van der Waals surface area contributed by atoms with Crippen molar-refractivity contribution >= 4 is 29.3 Å². The van der Waals surface area contributed by atoms with E-state index in [1.165, 1.54) is 34.1 Å². The van der Waals surface area contributed by atoms with Crippen molar-refractivity contribution in [3.05, 3.63) is 93.0 Å². The van der Waals surface area contributed by atoms with E-state index in [4.69, 9.17) is 0 Å². The minimum Gasteiger partial charge on any atom is -0.508 e. The highest BCUT2D eigenvalue weighted by Crippen LogP contribution is 2.45. The van der Waals surface area contributed by atoms with Crippen LogP contribution in [0.1, 0.15) is 76.0 Å². The lowest BCUT2D eigenvalue weighted by Gasteiger charge is -2.48. The van der Waals surface area contributed by atoms with Crippen LogP contribution in [0.5, 0.6) is 5.75 Å². The molecule has 3 fully saturated rings. The zero-order chi connectivity index (χ0) is 39.2. The van der Waals surface area contributed by atoms with Crippen LogP contribution in [0, 0.1) is 17.0 Å². The fourth-order valence-electron chi connectivity index (χ4n) is 9.99. The standard InChI is InChI=1S/C41H42F4N6O5/c1-22-8-23-10-28(52)2-3-29(23)38(50(22)17-34(44)45)37-31(42)12-27(13-32(37)43)48-7-6-41(19-48)20-49(21-41)36(54)18-47-14-24-9-26-16-51(33-4-5-35(53)46-39(33)55)40(56)30(26)11-25(24)15-47/h2-3,9-13,22,33-34,38,52H,4-8,14-21H2,1H3,(H,46,53,55)/t22-,33?,38+/m1/s1. The minimum atomic E-state index is -2.71. The summed E-state index contributed by atoms with van der Waals surface area (Å²) in [5, 5.41) is 12.4. The van der Waals surface area contributed by atoms with E-state index < -0.39 is 48.6 Å². The fourth-order valence-corrected chi connectivity index (χ4v) is 9.99. The second-order valence-corrected chi connectivity index (χ2v) is 16.5. The monoisotopic (exact) mass is 774 g/mol. The molecule has 11 nitrogen and oxygen atoms in total. The summed E-state index contributed by atoms with van der Waals surface area (Å²) in [6.07, 6.45) is -1.12. The van der Waals surface area contributed by atoms with Gasteiger partial charge in [0.25, 0.3) is 12.3 Å². The van der Waals surface area contributed by atoms with E-state index in [0.29, 0.717) is 81.0 Å². The number of phenolic OH excluding ortho intramolecular Hbond substituents is 1. The summed E-state index contributed by atoms with van der Waals surface area (Å²) in [5.74, 6) is -2.67. The molecule has 9 rings (SSSR count). The quantitative estimate of drug-likeness (QED) is 0.273. The highest BCUT2D eigenvalue weighted by Gasteiger charge is 2.50. The summed E-state index contributed by atoms with van der Waals surface area (Å²) in [5.41, 5.74) is 4.40. The number of anilines is 1. The molecule has 6 aliphatic heterocycles. The molecule has 1 spiro atoms. The number of benzene rings is 3. The van der Waals surface area contributed by atoms with Gasteiger partial charge >= 0.3 is 0 Å². The molecule has 15 heteroatoms. The first-order valence-electron chi connectivity index (χ1n) is 19.1. The van der Waals surface area contributed by atoms with Crippen LogP contribution in [-0.2, 0) is 40.4 Å². The maximum atomic E-state index is 16.1. The molecular formula is C41H42F4N6O5. The molecule has 2 N–H and O–H groups in total. The third kappa shape index (κ3) is 6.28. The van der Waals surface area contributed by atoms with E-state index in [1.807, 2.05) is 26.8 Å². The van der Waals surface area contributed by atoms with Crippen molar-refractivity contribution in [3.8, 4) is 5.75 Å². The molecule has 0 saturated carbocycles. The van der Waals surface area contributed by atoms with E-state index in [0.717, 1.165) is 23.1 Å². The molecule has 3 saturated heterocycles. The number of nitrogens with one attached hydrogen (secondary N) is 1. The predicted molar refractivity (Wildman–Crippen MR) is 195 cm³/mol. The van der Waals surface area contributed by atoms with Crippen molar-refractivity contribution < 1.29 is 41.8 Å². The third-order valence-corrected chi connectivity index (χ3v) is 12.7. The molecule has 1 unspecified atom stereocenters. The second-order valence-electron chi connectivity index (χ2n) is 16.5. The zero-order valence-electron chi connectivity index (χ0n) is 30.9. The molecule has 3 atom stereocenters. The number of carbonyl (C=O) groups is 4. The topological polar surface area (TPSA) is 117 Å². The number of phenols is 1. The number of nitrogens with zero attached hydrogens (tertiary/aromatic N) is 5. The highest BCUT2D eigenvalue weighted by atomic mass is 19.3. The summed E-state index contributed by atoms with van der Waals surface area (Å²) in [6, 6.07) is 8.69. The molecular weight excluding hydrogens is 732 g/mol. The number of hydrogen-bond donors (Lipinski definition) is 2. The smallest absolute Gasteiger partial charge is 0.255 e. The third-order valence-electron chi connectivity index (χ3n) is 12.7. The summed E-state index contributed by atoms with van der Waals surface area (Å²) < 4.78 is 59.6. The zero-order valence-corrected chi connectivity index (χ0v) is 30.9. The molecule has 4 amide bonds. The number of imide groups is 1. The number of likely N-dealkylation sites (tertiary alicyclic amines) is 1. The van der Waals surface area contributed by atoms with Crippen LogP contribution >= 0.6 is 0 Å². The van der Waals surface area contributed by atoms with Crippen LogP contribution in [0.25, 0.3) is 0 Å². The van der Waals surface area contributed by atoms with Gasteiger partial charge in [0.2, 0.25) is 17.7 Å². The lowest BCUT2D eigenvalue weighted by Crippen LogP contribution is -2.60. The Hall–Kier alpha value is -5.02. The normalized spacial score (nSPS) is 24.5. The van der Waals surface area contributed by atoms with Crippen molar-refractivity contribution in [1.29, 1.82) is 0 Å². The van der Waals surface area contributed by atoms with E-state index in [-0.39, 0.29) is 47.4 Å². The number of piperidine rings is 1. The lowest BCUT2D eigenvalue weighted by molar-refractivity contribution is -0.143. The van der Waals surface area contributed by atoms with Gasteiger partial charge in [-0.15, -0.1) is 0 Å².